The van der Waals surface area contributed by atoms with Gasteiger partial charge in [-0.25, -0.2) is 0 Å². The van der Waals surface area contributed by atoms with E-state index in [0.29, 0.717) is 12.8 Å². The monoisotopic (exact) mass is 316 g/mol. The third-order valence-corrected chi connectivity index (χ3v) is 3.90. The summed E-state index contributed by atoms with van der Waals surface area (Å²) in [5, 5.41) is 11.1. The lowest BCUT2D eigenvalue weighted by Gasteiger charge is -2.39. The standard InChI is InChI=1S/C14H12ClF3N2O/c1-8-5-13(6-8,7-19)12(21)20-9-2-3-11(15)10(4-9)14(16,17)18/h2-4,8H,5-6H2,1H3,(H,20,21). The van der Waals surface area contributed by atoms with E-state index in [1.54, 1.807) is 0 Å². The Morgan fingerprint density at radius 2 is 2.10 bits per heavy atom. The Hall–Kier alpha value is -1.74. The average molecular weight is 317 g/mol. The van der Waals surface area contributed by atoms with Gasteiger partial charge < -0.3 is 5.32 Å². The van der Waals surface area contributed by atoms with Crippen molar-refractivity contribution in [2.75, 3.05) is 5.32 Å². The summed E-state index contributed by atoms with van der Waals surface area (Å²) >= 11 is 5.51. The maximum Gasteiger partial charge on any atom is 0.417 e. The molecule has 1 aliphatic carbocycles. The minimum Gasteiger partial charge on any atom is -0.325 e. The molecule has 0 radical (unpaired) electrons. The van der Waals surface area contributed by atoms with Crippen LogP contribution in [0.3, 0.4) is 0 Å². The molecule has 0 unspecified atom stereocenters. The lowest BCUT2D eigenvalue weighted by molar-refractivity contribution is -0.137. The largest absolute Gasteiger partial charge is 0.417 e. The molecule has 1 aromatic rings. The molecule has 1 aromatic carbocycles. The molecule has 7 heteroatoms. The molecule has 21 heavy (non-hydrogen) atoms. The van der Waals surface area contributed by atoms with Crippen LogP contribution >= 0.6 is 11.6 Å². The van der Waals surface area contributed by atoms with Gasteiger partial charge in [-0.15, -0.1) is 0 Å². The van der Waals surface area contributed by atoms with E-state index in [2.05, 4.69) is 5.32 Å². The van der Waals surface area contributed by atoms with E-state index < -0.39 is 28.1 Å². The van der Waals surface area contributed by atoms with Gasteiger partial charge in [-0.1, -0.05) is 18.5 Å². The van der Waals surface area contributed by atoms with E-state index >= 15 is 0 Å². The van der Waals surface area contributed by atoms with E-state index in [9.17, 15) is 18.0 Å². The highest BCUT2D eigenvalue weighted by molar-refractivity contribution is 6.31. The van der Waals surface area contributed by atoms with Gasteiger partial charge in [-0.2, -0.15) is 18.4 Å². The van der Waals surface area contributed by atoms with Crippen molar-refractivity contribution in [1.82, 2.24) is 0 Å². The van der Waals surface area contributed by atoms with E-state index in [1.807, 2.05) is 13.0 Å². The van der Waals surface area contributed by atoms with E-state index in [-0.39, 0.29) is 11.6 Å². The second-order valence-corrected chi connectivity index (χ2v) is 5.76. The maximum absolute atomic E-state index is 12.7. The highest BCUT2D eigenvalue weighted by atomic mass is 35.5. The molecule has 0 aromatic heterocycles. The SMILES string of the molecule is CC1CC(C#N)(C(=O)Nc2ccc(Cl)c(C(F)(F)F)c2)C1. The Kier molecular flexibility index (Phi) is 3.89. The fourth-order valence-electron chi connectivity index (χ4n) is 2.53. The van der Waals surface area contributed by atoms with Gasteiger partial charge in [0.05, 0.1) is 16.7 Å². The molecule has 2 rings (SSSR count). The Morgan fingerprint density at radius 1 is 1.48 bits per heavy atom. The highest BCUT2D eigenvalue weighted by Crippen LogP contribution is 2.46. The molecule has 0 saturated heterocycles. The molecule has 1 amide bonds. The van der Waals surface area contributed by atoms with Gasteiger partial charge in [0.2, 0.25) is 5.91 Å². The minimum atomic E-state index is -4.60. The molecule has 112 valence electrons. The van der Waals surface area contributed by atoms with E-state index in [0.717, 1.165) is 12.1 Å². The number of hydrogen-bond donors (Lipinski definition) is 1. The number of halogens is 4. The number of alkyl halides is 3. The fraction of sp³-hybridized carbons (Fsp3) is 0.429. The van der Waals surface area contributed by atoms with Crippen molar-refractivity contribution in [2.45, 2.75) is 25.9 Å². The topological polar surface area (TPSA) is 52.9 Å². The van der Waals surface area contributed by atoms with Gasteiger partial charge in [0.15, 0.2) is 0 Å². The molecule has 1 fully saturated rings. The van der Waals surface area contributed by atoms with Gasteiger partial charge in [0.25, 0.3) is 0 Å². The smallest absolute Gasteiger partial charge is 0.325 e. The third kappa shape index (κ3) is 2.98. The normalized spacial score (nSPS) is 24.9. The Labute approximate surface area is 124 Å². The van der Waals surface area contributed by atoms with E-state index in [4.69, 9.17) is 16.9 Å². The second kappa shape index (κ2) is 5.23. The number of nitrogens with zero attached hydrogens (tertiary/aromatic N) is 1. The van der Waals surface area contributed by atoms with Crippen molar-refractivity contribution in [3.05, 3.63) is 28.8 Å². The van der Waals surface area contributed by atoms with Crippen molar-refractivity contribution < 1.29 is 18.0 Å². The quantitative estimate of drug-likeness (QED) is 0.887. The number of benzene rings is 1. The molecular weight excluding hydrogens is 305 g/mol. The molecule has 0 heterocycles. The lowest BCUT2D eigenvalue weighted by Crippen LogP contribution is -2.45. The molecule has 1 N–H and O–H groups in total. The summed E-state index contributed by atoms with van der Waals surface area (Å²) in [7, 11) is 0. The first-order chi connectivity index (χ1) is 9.68. The van der Waals surface area contributed by atoms with Gasteiger partial charge in [-0.05, 0) is 37.0 Å². The van der Waals surface area contributed by atoms with Crippen LogP contribution in [0.4, 0.5) is 18.9 Å². The number of carbonyl (C=O) groups excluding carboxylic acids is 1. The van der Waals surface area contributed by atoms with Crippen LogP contribution in [0.1, 0.15) is 25.3 Å². The van der Waals surface area contributed by atoms with Gasteiger partial charge in [0.1, 0.15) is 5.41 Å². The van der Waals surface area contributed by atoms with Crippen molar-refractivity contribution in [3.63, 3.8) is 0 Å². The number of hydrogen-bond acceptors (Lipinski definition) is 2. The van der Waals surface area contributed by atoms with Crippen LogP contribution in [0, 0.1) is 22.7 Å². The van der Waals surface area contributed by atoms with Crippen LogP contribution in [0.15, 0.2) is 18.2 Å². The summed E-state index contributed by atoms with van der Waals surface area (Å²) in [5.41, 5.74) is -2.18. The Balaban J connectivity index is 2.21. The molecule has 1 aliphatic rings. The number of carbonyl (C=O) groups is 1. The van der Waals surface area contributed by atoms with Crippen LogP contribution < -0.4 is 5.32 Å². The summed E-state index contributed by atoms with van der Waals surface area (Å²) in [6.45, 7) is 1.91. The lowest BCUT2D eigenvalue weighted by atomic mass is 9.63. The van der Waals surface area contributed by atoms with Crippen LogP contribution in [-0.4, -0.2) is 5.91 Å². The third-order valence-electron chi connectivity index (χ3n) is 3.57. The zero-order chi connectivity index (χ0) is 15.8. The molecule has 0 atom stereocenters. The summed E-state index contributed by atoms with van der Waals surface area (Å²) < 4.78 is 38.2. The number of rotatable bonds is 2. The van der Waals surface area contributed by atoms with Crippen molar-refractivity contribution >= 4 is 23.2 Å². The molecule has 3 nitrogen and oxygen atoms in total. The summed E-state index contributed by atoms with van der Waals surface area (Å²) in [5.74, 6) is -0.315. The highest BCUT2D eigenvalue weighted by Gasteiger charge is 2.49. The zero-order valence-corrected chi connectivity index (χ0v) is 11.8. The van der Waals surface area contributed by atoms with Crippen molar-refractivity contribution in [3.8, 4) is 6.07 Å². The summed E-state index contributed by atoms with van der Waals surface area (Å²) in [6.07, 6.45) is -3.78. The number of nitrogens with one attached hydrogen (secondary N) is 1. The maximum atomic E-state index is 12.7. The van der Waals surface area contributed by atoms with Gasteiger partial charge in [0, 0.05) is 5.69 Å². The predicted molar refractivity (Wildman–Crippen MR) is 71.5 cm³/mol. The van der Waals surface area contributed by atoms with Crippen molar-refractivity contribution in [1.29, 1.82) is 5.26 Å². The minimum absolute atomic E-state index is 0.0223. The van der Waals surface area contributed by atoms with Crippen LogP contribution in [0.5, 0.6) is 0 Å². The first-order valence-electron chi connectivity index (χ1n) is 6.27. The van der Waals surface area contributed by atoms with Gasteiger partial charge in [-0.3, -0.25) is 4.79 Å². The Bertz CT molecular complexity index is 616. The molecule has 0 spiro atoms. The number of amides is 1. The van der Waals surface area contributed by atoms with Crippen molar-refractivity contribution in [2.24, 2.45) is 11.3 Å². The molecular formula is C14H12ClF3N2O. The summed E-state index contributed by atoms with van der Waals surface area (Å²) in [6, 6.07) is 5.08. The predicted octanol–water partition coefficient (Wildman–Crippen LogP) is 4.24. The molecule has 1 saturated carbocycles. The average Bonchev–Trinajstić information content (AvgIpc) is 2.35. The number of anilines is 1. The first-order valence-corrected chi connectivity index (χ1v) is 6.65. The molecule has 0 bridgehead atoms. The summed E-state index contributed by atoms with van der Waals surface area (Å²) in [4.78, 5) is 12.1. The van der Waals surface area contributed by atoms with E-state index in [1.165, 1.54) is 6.07 Å². The molecule has 0 aliphatic heterocycles. The van der Waals surface area contributed by atoms with Gasteiger partial charge >= 0.3 is 6.18 Å². The first kappa shape index (κ1) is 15.6. The van der Waals surface area contributed by atoms with Crippen LogP contribution in [0.25, 0.3) is 0 Å². The van der Waals surface area contributed by atoms with Crippen LogP contribution in [-0.2, 0) is 11.0 Å². The fourth-order valence-corrected chi connectivity index (χ4v) is 2.75. The number of nitriles is 1. The van der Waals surface area contributed by atoms with Crippen LogP contribution in [0.2, 0.25) is 5.02 Å². The zero-order valence-electron chi connectivity index (χ0n) is 11.1. The Morgan fingerprint density at radius 3 is 2.57 bits per heavy atom. The second-order valence-electron chi connectivity index (χ2n) is 5.35.